The van der Waals surface area contributed by atoms with Crippen LogP contribution in [0.5, 0.6) is 0 Å². The van der Waals surface area contributed by atoms with Gasteiger partial charge in [-0.05, 0) is 12.1 Å². The Labute approximate surface area is 73.9 Å². The molecule has 0 aliphatic rings. The summed E-state index contributed by atoms with van der Waals surface area (Å²) in [6.45, 7) is 0. The zero-order chi connectivity index (χ0) is 9.68. The molecule has 5 heteroatoms. The van der Waals surface area contributed by atoms with Crippen LogP contribution in [0, 0.1) is 0 Å². The SMILES string of the molecule is O=C(O)NOC(=O)c1ccccc1. The van der Waals surface area contributed by atoms with Crippen LogP contribution in [0.4, 0.5) is 4.79 Å². The van der Waals surface area contributed by atoms with E-state index >= 15 is 0 Å². The molecule has 0 atom stereocenters. The number of hydrogen-bond acceptors (Lipinski definition) is 3. The topological polar surface area (TPSA) is 75.6 Å². The Morgan fingerprint density at radius 3 is 2.38 bits per heavy atom. The number of hydroxylamine groups is 1. The van der Waals surface area contributed by atoms with Crippen LogP contribution in [0.2, 0.25) is 0 Å². The second kappa shape index (κ2) is 4.10. The average Bonchev–Trinajstić information content (AvgIpc) is 2.15. The fourth-order valence-electron chi connectivity index (χ4n) is 0.723. The minimum Gasteiger partial charge on any atom is -0.463 e. The van der Waals surface area contributed by atoms with Crippen molar-refractivity contribution in [3.05, 3.63) is 35.9 Å². The number of carbonyl (C=O) groups excluding carboxylic acids is 1. The molecule has 0 unspecified atom stereocenters. The number of rotatable bonds is 1. The molecule has 0 aromatic heterocycles. The third-order valence-electron chi connectivity index (χ3n) is 1.24. The minimum atomic E-state index is -1.41. The molecule has 13 heavy (non-hydrogen) atoms. The zero-order valence-corrected chi connectivity index (χ0v) is 6.56. The van der Waals surface area contributed by atoms with Crippen LogP contribution in [0.15, 0.2) is 30.3 Å². The maximum atomic E-state index is 11.0. The Morgan fingerprint density at radius 1 is 1.23 bits per heavy atom. The second-order valence-corrected chi connectivity index (χ2v) is 2.16. The summed E-state index contributed by atoms with van der Waals surface area (Å²) < 4.78 is 0. The largest absolute Gasteiger partial charge is 0.463 e. The number of nitrogens with one attached hydrogen (secondary N) is 1. The minimum absolute atomic E-state index is 0.288. The molecule has 0 saturated carbocycles. The van der Waals surface area contributed by atoms with Crippen molar-refractivity contribution in [3.8, 4) is 0 Å². The summed E-state index contributed by atoms with van der Waals surface area (Å²) in [5.41, 5.74) is 1.80. The first-order valence-corrected chi connectivity index (χ1v) is 3.45. The highest BCUT2D eigenvalue weighted by atomic mass is 16.7. The molecule has 0 spiro atoms. The molecular formula is C8H7NO4. The molecular weight excluding hydrogens is 174 g/mol. The van der Waals surface area contributed by atoms with E-state index in [-0.39, 0.29) is 5.56 Å². The van der Waals surface area contributed by atoms with E-state index in [0.717, 1.165) is 0 Å². The molecule has 0 aliphatic heterocycles. The van der Waals surface area contributed by atoms with Crippen LogP contribution >= 0.6 is 0 Å². The molecule has 0 bridgehead atoms. The van der Waals surface area contributed by atoms with E-state index in [1.165, 1.54) is 17.6 Å². The molecule has 1 aromatic rings. The standard InChI is InChI=1S/C8H7NO4/c10-7(13-9-8(11)12)6-4-2-1-3-5-6/h1-5,9H,(H,11,12). The third-order valence-corrected chi connectivity index (χ3v) is 1.24. The van der Waals surface area contributed by atoms with Gasteiger partial charge in [0.1, 0.15) is 0 Å². The van der Waals surface area contributed by atoms with Gasteiger partial charge in [-0.3, -0.25) is 0 Å². The van der Waals surface area contributed by atoms with E-state index in [4.69, 9.17) is 5.11 Å². The van der Waals surface area contributed by atoms with Crippen molar-refractivity contribution in [2.45, 2.75) is 0 Å². The monoisotopic (exact) mass is 181 g/mol. The highest BCUT2D eigenvalue weighted by molar-refractivity contribution is 5.89. The summed E-state index contributed by atoms with van der Waals surface area (Å²) >= 11 is 0. The van der Waals surface area contributed by atoms with E-state index in [1.54, 1.807) is 18.2 Å². The van der Waals surface area contributed by atoms with Crippen molar-refractivity contribution in [3.63, 3.8) is 0 Å². The van der Waals surface area contributed by atoms with Gasteiger partial charge in [-0.25, -0.2) is 9.59 Å². The number of amides is 1. The summed E-state index contributed by atoms with van der Waals surface area (Å²) in [6, 6.07) is 8.08. The highest BCUT2D eigenvalue weighted by Gasteiger charge is 2.06. The summed E-state index contributed by atoms with van der Waals surface area (Å²) in [5, 5.41) is 8.12. The predicted molar refractivity (Wildman–Crippen MR) is 43.0 cm³/mol. The maximum Gasteiger partial charge on any atom is 0.438 e. The normalized spacial score (nSPS) is 8.92. The van der Waals surface area contributed by atoms with Gasteiger partial charge in [0.2, 0.25) is 0 Å². The first kappa shape index (κ1) is 9.05. The Hall–Kier alpha value is -2.04. The van der Waals surface area contributed by atoms with Crippen LogP contribution < -0.4 is 5.48 Å². The van der Waals surface area contributed by atoms with Crippen molar-refractivity contribution in [2.24, 2.45) is 0 Å². The lowest BCUT2D eigenvalue weighted by atomic mass is 10.2. The molecule has 5 nitrogen and oxygen atoms in total. The second-order valence-electron chi connectivity index (χ2n) is 2.16. The van der Waals surface area contributed by atoms with Crippen molar-refractivity contribution < 1.29 is 19.5 Å². The molecule has 0 saturated heterocycles. The van der Waals surface area contributed by atoms with Crippen molar-refractivity contribution >= 4 is 12.1 Å². The molecule has 0 aliphatic carbocycles. The fourth-order valence-corrected chi connectivity index (χ4v) is 0.723. The number of benzene rings is 1. The summed E-state index contributed by atoms with van der Waals surface area (Å²) in [5.74, 6) is -0.733. The van der Waals surface area contributed by atoms with Gasteiger partial charge in [-0.15, -0.1) is 5.48 Å². The first-order valence-electron chi connectivity index (χ1n) is 3.45. The first-order chi connectivity index (χ1) is 6.20. The Bertz CT molecular complexity index is 309. The highest BCUT2D eigenvalue weighted by Crippen LogP contribution is 1.99. The Balaban J connectivity index is 2.54. The van der Waals surface area contributed by atoms with E-state index < -0.39 is 12.1 Å². The average molecular weight is 181 g/mol. The van der Waals surface area contributed by atoms with Crippen LogP contribution in [0.25, 0.3) is 0 Å². The van der Waals surface area contributed by atoms with Gasteiger partial charge >= 0.3 is 12.1 Å². The van der Waals surface area contributed by atoms with E-state index in [1.807, 2.05) is 0 Å². The lowest BCUT2D eigenvalue weighted by Gasteiger charge is -2.00. The Morgan fingerprint density at radius 2 is 1.85 bits per heavy atom. The zero-order valence-electron chi connectivity index (χ0n) is 6.56. The van der Waals surface area contributed by atoms with Crippen LogP contribution in [0.3, 0.4) is 0 Å². The van der Waals surface area contributed by atoms with Gasteiger partial charge < -0.3 is 9.94 Å². The van der Waals surface area contributed by atoms with E-state index in [9.17, 15) is 9.59 Å². The molecule has 68 valence electrons. The van der Waals surface area contributed by atoms with Crippen LogP contribution in [0.1, 0.15) is 10.4 Å². The van der Waals surface area contributed by atoms with E-state index in [0.29, 0.717) is 0 Å². The smallest absolute Gasteiger partial charge is 0.438 e. The van der Waals surface area contributed by atoms with Gasteiger partial charge in [-0.2, -0.15) is 0 Å². The van der Waals surface area contributed by atoms with Crippen LogP contribution in [-0.2, 0) is 4.84 Å². The molecule has 1 aromatic carbocycles. The number of hydrogen-bond donors (Lipinski definition) is 2. The summed E-state index contributed by atoms with van der Waals surface area (Å²) in [7, 11) is 0. The predicted octanol–water partition coefficient (Wildman–Crippen LogP) is 1.03. The number of carbonyl (C=O) groups is 2. The van der Waals surface area contributed by atoms with Crippen molar-refractivity contribution in [1.29, 1.82) is 0 Å². The van der Waals surface area contributed by atoms with Crippen molar-refractivity contribution in [2.75, 3.05) is 0 Å². The van der Waals surface area contributed by atoms with Crippen LogP contribution in [-0.4, -0.2) is 17.2 Å². The lowest BCUT2D eigenvalue weighted by molar-refractivity contribution is 0.0264. The molecule has 0 fully saturated rings. The van der Waals surface area contributed by atoms with Gasteiger partial charge in [0.05, 0.1) is 5.56 Å². The summed E-state index contributed by atoms with van der Waals surface area (Å²) in [4.78, 5) is 25.1. The molecule has 0 heterocycles. The summed E-state index contributed by atoms with van der Waals surface area (Å²) in [6.07, 6.45) is -1.41. The molecule has 1 rings (SSSR count). The maximum absolute atomic E-state index is 11.0. The third kappa shape index (κ3) is 2.82. The Kier molecular flexibility index (Phi) is 2.86. The fraction of sp³-hybridized carbons (Fsp3) is 0. The van der Waals surface area contributed by atoms with Gasteiger partial charge in [-0.1, -0.05) is 18.2 Å². The quantitative estimate of drug-likeness (QED) is 0.634. The number of carboxylic acid groups (broad SMARTS) is 1. The van der Waals surface area contributed by atoms with Crippen molar-refractivity contribution in [1.82, 2.24) is 5.48 Å². The molecule has 0 radical (unpaired) electrons. The molecule has 1 amide bonds. The molecule has 2 N–H and O–H groups in total. The lowest BCUT2D eigenvalue weighted by Crippen LogP contribution is -2.25. The van der Waals surface area contributed by atoms with Gasteiger partial charge in [0.15, 0.2) is 0 Å². The van der Waals surface area contributed by atoms with Gasteiger partial charge in [0, 0.05) is 0 Å². The van der Waals surface area contributed by atoms with Gasteiger partial charge in [0.25, 0.3) is 0 Å². The van der Waals surface area contributed by atoms with E-state index in [2.05, 4.69) is 4.84 Å².